The molecule has 7 aromatic heterocycles. The number of halogens is 5. The van der Waals surface area contributed by atoms with Gasteiger partial charge in [0.05, 0.1) is 51.4 Å². The number of fused-ring (bicyclic) bond motifs is 7. The van der Waals surface area contributed by atoms with Gasteiger partial charge in [0, 0.05) is 50.8 Å². The first-order valence-electron chi connectivity index (χ1n) is 35.2. The number of nitrogens with two attached hydrogens (primary N) is 7. The van der Waals surface area contributed by atoms with E-state index in [9.17, 15) is 22.0 Å². The van der Waals surface area contributed by atoms with Crippen molar-refractivity contribution < 1.29 is 22.0 Å². The van der Waals surface area contributed by atoms with Crippen LogP contribution >= 0.6 is 0 Å². The lowest BCUT2D eigenvalue weighted by atomic mass is 9.85. The van der Waals surface area contributed by atoms with Gasteiger partial charge in [-0.3, -0.25) is 0 Å². The number of benzene rings is 7. The fourth-order valence-corrected chi connectivity index (χ4v) is 11.6. The van der Waals surface area contributed by atoms with Crippen LogP contribution in [0.15, 0.2) is 140 Å². The maximum atomic E-state index is 13.9. The summed E-state index contributed by atoms with van der Waals surface area (Å²) in [5.41, 5.74) is 48.7. The zero-order valence-corrected chi connectivity index (χ0v) is 65.7. The maximum Gasteiger partial charge on any atom is 0.198 e. The summed E-state index contributed by atoms with van der Waals surface area (Å²) in [4.78, 5) is 21.9. The third kappa shape index (κ3) is 21.0. The fourth-order valence-electron chi connectivity index (χ4n) is 11.6. The highest BCUT2D eigenvalue weighted by Gasteiger charge is 2.25. The zero-order chi connectivity index (χ0) is 80.3. The number of hydrogen-bond donors (Lipinski definition) is 9. The van der Waals surface area contributed by atoms with E-state index in [0.29, 0.717) is 72.7 Å². The summed E-state index contributed by atoms with van der Waals surface area (Å²) in [7, 11) is 0. The Morgan fingerprint density at radius 2 is 0.661 bits per heavy atom. The van der Waals surface area contributed by atoms with E-state index in [1.54, 1.807) is 49.1 Å². The molecule has 0 aliphatic heterocycles. The Morgan fingerprint density at radius 1 is 0.294 bits per heavy atom. The lowest BCUT2D eigenvalue weighted by Gasteiger charge is -2.20. The second-order valence-corrected chi connectivity index (χ2v) is 33.9. The summed E-state index contributed by atoms with van der Waals surface area (Å²) in [6, 6.07) is 32.7. The van der Waals surface area contributed by atoms with Gasteiger partial charge in [0.2, 0.25) is 0 Å². The SMILES string of the molecule is C.CC(C)(C)c1cc(F)c2c(N)nccc2c1.CC(C)(C)c1cc(F)c2c(N)nncc2c1.CC(C)(C)c1cc2[nH]c(N)nc2cc1F.CC(C)(C)c1cc2ccnc(N)c2cc1F.CC(C)(C)c1cc2cnnc(N)c2cc1F.CC(C)(C)c1ccc2c(N)nncc2c1.CC(C)(C)c1ccc2nc(N)[nH]c2c1. The smallest absolute Gasteiger partial charge is 0.198 e. The molecule has 576 valence electrons. The molecule has 16 N–H and O–H groups in total. The molecule has 14 rings (SSSR count). The molecule has 0 bridgehead atoms. The predicted molar refractivity (Wildman–Crippen MR) is 443 cm³/mol. The minimum atomic E-state index is -0.338. The van der Waals surface area contributed by atoms with Crippen LogP contribution in [0.4, 0.5) is 62.9 Å². The summed E-state index contributed by atoms with van der Waals surface area (Å²) in [5, 5.41) is 29.9. The van der Waals surface area contributed by atoms with Crippen LogP contribution in [0.25, 0.3) is 75.9 Å². The molecule has 0 saturated heterocycles. The van der Waals surface area contributed by atoms with Crippen LogP contribution in [0.5, 0.6) is 0 Å². The van der Waals surface area contributed by atoms with Crippen molar-refractivity contribution in [3.05, 3.63) is 208 Å². The van der Waals surface area contributed by atoms with Crippen molar-refractivity contribution in [1.82, 2.24) is 60.5 Å². The molecule has 7 heterocycles. The summed E-state index contributed by atoms with van der Waals surface area (Å²) < 4.78 is 69.3. The molecule has 14 aromatic rings. The number of nitrogens with one attached hydrogen (secondary N) is 2. The Bertz CT molecular complexity index is 5370. The van der Waals surface area contributed by atoms with Gasteiger partial charge in [0.15, 0.2) is 29.4 Å². The summed E-state index contributed by atoms with van der Waals surface area (Å²) >= 11 is 0. The number of nitrogen functional groups attached to an aromatic ring is 7. The quantitative estimate of drug-likeness (QED) is 0.0637. The number of hydrogen-bond acceptors (Lipinski definition) is 17. The third-order valence-electron chi connectivity index (χ3n) is 17.9. The lowest BCUT2D eigenvalue weighted by molar-refractivity contribution is 0.524. The van der Waals surface area contributed by atoms with Crippen LogP contribution in [-0.2, 0) is 37.9 Å². The maximum absolute atomic E-state index is 13.9. The fraction of sp³-hybridized carbons (Fsp3) is 0.341. The van der Waals surface area contributed by atoms with E-state index in [0.717, 1.165) is 54.6 Å². The first-order valence-corrected chi connectivity index (χ1v) is 35.2. The molecule has 0 aliphatic carbocycles. The van der Waals surface area contributed by atoms with Gasteiger partial charge in [-0.15, -0.1) is 15.3 Å². The number of H-pyrrole nitrogens is 2. The third-order valence-corrected chi connectivity index (χ3v) is 17.9. The van der Waals surface area contributed by atoms with Crippen LogP contribution in [-0.4, -0.2) is 60.5 Å². The molecule has 0 fully saturated rings. The van der Waals surface area contributed by atoms with Crippen molar-refractivity contribution in [2.75, 3.05) is 40.1 Å². The Kier molecular flexibility index (Phi) is 25.3. The summed E-state index contributed by atoms with van der Waals surface area (Å²) in [6.07, 6.45) is 8.12. The molecule has 0 unspecified atom stereocenters. The second-order valence-electron chi connectivity index (χ2n) is 33.9. The normalized spacial score (nSPS) is 11.9. The van der Waals surface area contributed by atoms with Crippen LogP contribution in [0.3, 0.4) is 0 Å². The average molecular weight is 1490 g/mol. The molecule has 24 heteroatoms. The minimum Gasteiger partial charge on any atom is -0.383 e. The summed E-state index contributed by atoms with van der Waals surface area (Å²) in [5.74, 6) is 0.956. The van der Waals surface area contributed by atoms with Crippen molar-refractivity contribution >= 4 is 117 Å². The van der Waals surface area contributed by atoms with Crippen molar-refractivity contribution in [1.29, 1.82) is 0 Å². The number of aromatic amines is 2. The number of aromatic nitrogens is 12. The van der Waals surface area contributed by atoms with E-state index >= 15 is 0 Å². The van der Waals surface area contributed by atoms with Crippen LogP contribution in [0.2, 0.25) is 0 Å². The predicted octanol–water partition coefficient (Wildman–Crippen LogP) is 20.0. The van der Waals surface area contributed by atoms with Crippen LogP contribution in [0, 0.1) is 29.1 Å². The van der Waals surface area contributed by atoms with E-state index in [2.05, 4.69) is 147 Å². The molecule has 7 aromatic carbocycles. The second kappa shape index (κ2) is 32.6. The first kappa shape index (κ1) is 84.8. The van der Waals surface area contributed by atoms with Gasteiger partial charge in [0.1, 0.15) is 40.7 Å². The highest BCUT2D eigenvalue weighted by Crippen LogP contribution is 2.36. The first-order chi connectivity index (χ1) is 49.9. The highest BCUT2D eigenvalue weighted by atomic mass is 19.1. The number of nitrogens with zero attached hydrogens (tertiary/aromatic N) is 10. The standard InChI is InChI=1S/2C13H15FN2.2C12H14FN3.C12H15N3.C11H14FN3.C11H15N3.CH4/c1-13(2,3)10-6-8-4-5-16-12(15)9(8)7-11(10)14;1-13(2,3)9-6-8-4-5-16-12(15)11(8)10(14)7-9;1-12(2,3)9-4-7-6-15-16-11(14)8(7)5-10(9)13;1-12(2,3)8-4-7-6-15-16-11(14)10(7)9(13)5-8;1-12(2,3)9-4-5-10-8(6-9)7-14-15-11(10)13;1-11(2,3)6-4-8-9(5-7(6)12)15-10(13)14-8;1-11(2,3)7-4-5-8-9(6-7)14-10(12)13-8;/h2*4-7H,1-3H3,(H2,15,16);2*4-6H,1-3H3,(H2,14,16);4-7H,1-3H3,(H2,13,15);4-5H,1-3H3,(H3,13,14,15);4-6H,1-3H3,(H3,12,13,14);1H4. The Hall–Kier alpha value is -11.4. The highest BCUT2D eigenvalue weighted by molar-refractivity contribution is 5.95. The van der Waals surface area contributed by atoms with E-state index in [1.165, 1.54) is 41.6 Å². The number of pyridine rings is 2. The Morgan fingerprint density at radius 3 is 1.17 bits per heavy atom. The van der Waals surface area contributed by atoms with Gasteiger partial charge in [-0.25, -0.2) is 41.9 Å². The van der Waals surface area contributed by atoms with E-state index < -0.39 is 0 Å². The molecular formula is C85H106F5N19. The molecule has 0 atom stereocenters. The van der Waals surface area contributed by atoms with E-state index in [1.807, 2.05) is 119 Å². The molecule has 0 amide bonds. The van der Waals surface area contributed by atoms with Gasteiger partial charge in [0.25, 0.3) is 0 Å². The topological polar surface area (TPSA) is 343 Å². The molecule has 19 nitrogen and oxygen atoms in total. The van der Waals surface area contributed by atoms with Gasteiger partial charge in [-0.1, -0.05) is 177 Å². The van der Waals surface area contributed by atoms with Crippen molar-refractivity contribution in [2.45, 2.75) is 191 Å². The minimum absolute atomic E-state index is 0. The number of anilines is 7. The Labute approximate surface area is 635 Å². The average Bonchev–Trinajstić information content (AvgIpc) is 1.38. The summed E-state index contributed by atoms with van der Waals surface area (Å²) in [6.45, 7) is 43.2. The van der Waals surface area contributed by atoms with Crippen molar-refractivity contribution in [3.8, 4) is 0 Å². The van der Waals surface area contributed by atoms with E-state index in [-0.39, 0.29) is 91.9 Å². The lowest BCUT2D eigenvalue weighted by Crippen LogP contribution is -2.13. The van der Waals surface area contributed by atoms with Gasteiger partial charge < -0.3 is 50.1 Å². The van der Waals surface area contributed by atoms with E-state index in [4.69, 9.17) is 40.1 Å². The molecule has 0 radical (unpaired) electrons. The van der Waals surface area contributed by atoms with Gasteiger partial charge >= 0.3 is 0 Å². The Balaban J connectivity index is 0.000000177. The largest absolute Gasteiger partial charge is 0.383 e. The number of rotatable bonds is 0. The van der Waals surface area contributed by atoms with Crippen molar-refractivity contribution in [3.63, 3.8) is 0 Å². The van der Waals surface area contributed by atoms with Crippen molar-refractivity contribution in [2.24, 2.45) is 0 Å². The van der Waals surface area contributed by atoms with Gasteiger partial charge in [-0.2, -0.15) is 15.3 Å². The molecule has 0 aliphatic rings. The van der Waals surface area contributed by atoms with Gasteiger partial charge in [-0.05, 0) is 166 Å². The zero-order valence-electron chi connectivity index (χ0n) is 65.7. The van der Waals surface area contributed by atoms with Crippen LogP contribution in [0.1, 0.15) is 192 Å². The number of imidazole rings is 2. The van der Waals surface area contributed by atoms with Crippen LogP contribution < -0.4 is 40.1 Å². The molecular weight excluding hydrogens is 1380 g/mol. The molecule has 0 spiro atoms. The molecule has 0 saturated carbocycles. The monoisotopic (exact) mass is 1490 g/mol. The molecule has 109 heavy (non-hydrogen) atoms.